The summed E-state index contributed by atoms with van der Waals surface area (Å²) in [6.45, 7) is 5.38. The van der Waals surface area contributed by atoms with E-state index in [1.807, 2.05) is 42.5 Å². The van der Waals surface area contributed by atoms with E-state index in [4.69, 9.17) is 0 Å². The molecule has 35 heavy (non-hydrogen) atoms. The van der Waals surface area contributed by atoms with Gasteiger partial charge in [-0.3, -0.25) is 9.78 Å². The van der Waals surface area contributed by atoms with Gasteiger partial charge < -0.3 is 5.32 Å². The van der Waals surface area contributed by atoms with Crippen molar-refractivity contribution in [3.05, 3.63) is 82.6 Å². The summed E-state index contributed by atoms with van der Waals surface area (Å²) in [5, 5.41) is 2.89. The summed E-state index contributed by atoms with van der Waals surface area (Å²) in [6, 6.07) is 18.1. The molecule has 1 N–H and O–H groups in total. The van der Waals surface area contributed by atoms with Gasteiger partial charge in [0.2, 0.25) is 10.0 Å². The van der Waals surface area contributed by atoms with Crippen molar-refractivity contribution < 1.29 is 13.2 Å². The van der Waals surface area contributed by atoms with Gasteiger partial charge in [0.15, 0.2) is 0 Å². The minimum atomic E-state index is -3.72. The molecule has 0 aliphatic carbocycles. The number of hydrogen-bond acceptors (Lipinski definition) is 5. The number of carbonyl (C=O) groups is 1. The number of piperidine rings is 1. The maximum absolute atomic E-state index is 13.5. The fourth-order valence-corrected chi connectivity index (χ4v) is 7.18. The van der Waals surface area contributed by atoms with E-state index in [1.54, 1.807) is 22.6 Å². The molecule has 184 valence electrons. The molecule has 0 spiro atoms. The van der Waals surface area contributed by atoms with E-state index >= 15 is 0 Å². The molecule has 1 aliphatic rings. The van der Waals surface area contributed by atoms with Crippen LogP contribution in [0.1, 0.15) is 36.3 Å². The maximum atomic E-state index is 13.5. The summed E-state index contributed by atoms with van der Waals surface area (Å²) >= 11 is 4.86. The van der Waals surface area contributed by atoms with Crippen LogP contribution in [-0.4, -0.2) is 36.7 Å². The van der Waals surface area contributed by atoms with Crippen LogP contribution in [0.2, 0.25) is 0 Å². The van der Waals surface area contributed by atoms with Gasteiger partial charge in [-0.25, -0.2) is 8.42 Å². The van der Waals surface area contributed by atoms with Crippen LogP contribution in [0.4, 0.5) is 0 Å². The topological polar surface area (TPSA) is 79.4 Å². The quantitative estimate of drug-likeness (QED) is 0.398. The fourth-order valence-electron chi connectivity index (χ4n) is 4.29. The van der Waals surface area contributed by atoms with E-state index in [1.165, 1.54) is 17.8 Å². The lowest BCUT2D eigenvalue weighted by molar-refractivity contribution is 0.0947. The summed E-state index contributed by atoms with van der Waals surface area (Å²) in [7, 11) is -3.72. The first-order valence-corrected chi connectivity index (χ1v) is 14.5. The number of pyridine rings is 1. The van der Waals surface area contributed by atoms with Gasteiger partial charge in [-0.1, -0.05) is 47.6 Å². The monoisotopic (exact) mass is 573 g/mol. The first-order valence-electron chi connectivity index (χ1n) is 11.5. The van der Waals surface area contributed by atoms with Crippen molar-refractivity contribution in [2.24, 2.45) is 11.8 Å². The molecule has 4 rings (SSSR count). The van der Waals surface area contributed by atoms with Crippen molar-refractivity contribution in [2.45, 2.75) is 41.5 Å². The van der Waals surface area contributed by atoms with Crippen LogP contribution in [0.3, 0.4) is 0 Å². The average Bonchev–Trinajstić information content (AvgIpc) is 2.84. The molecular weight excluding hydrogens is 546 g/mol. The third-order valence-corrected chi connectivity index (χ3v) is 9.31. The Bertz CT molecular complexity index is 1270. The second-order valence-corrected chi connectivity index (χ2v) is 13.0. The van der Waals surface area contributed by atoms with Crippen LogP contribution in [0.25, 0.3) is 0 Å². The second-order valence-electron chi connectivity index (χ2n) is 8.99. The molecule has 2 atom stereocenters. The van der Waals surface area contributed by atoms with Crippen molar-refractivity contribution in [3.8, 4) is 0 Å². The standard InChI is InChI=1S/C26H28BrN3O3S2/c1-18-13-19(2)17-30(16-18)35(32,33)23-10-11-25(34-22-8-6-20(27)7-9-22)24(14-23)26(31)29-15-21-5-3-4-12-28-21/h3-12,14,18-19H,13,15-17H2,1-2H3,(H,29,31). The Morgan fingerprint density at radius 2 is 1.80 bits per heavy atom. The molecule has 0 saturated carbocycles. The highest BCUT2D eigenvalue weighted by Crippen LogP contribution is 2.34. The van der Waals surface area contributed by atoms with Crippen LogP contribution in [0, 0.1) is 11.8 Å². The lowest BCUT2D eigenvalue weighted by Gasteiger charge is -2.34. The molecule has 6 nitrogen and oxygen atoms in total. The molecule has 0 radical (unpaired) electrons. The van der Waals surface area contributed by atoms with Gasteiger partial charge in [-0.05, 0) is 72.9 Å². The highest BCUT2D eigenvalue weighted by Gasteiger charge is 2.32. The van der Waals surface area contributed by atoms with Crippen molar-refractivity contribution >= 4 is 43.6 Å². The minimum absolute atomic E-state index is 0.141. The molecule has 1 aromatic heterocycles. The molecule has 0 bridgehead atoms. The SMILES string of the molecule is CC1CC(C)CN(S(=O)(=O)c2ccc(Sc3ccc(Br)cc3)c(C(=O)NCc3ccccn3)c2)C1. The summed E-state index contributed by atoms with van der Waals surface area (Å²) in [5.41, 5.74) is 1.05. The average molecular weight is 575 g/mol. The predicted molar refractivity (Wildman–Crippen MR) is 142 cm³/mol. The number of nitrogens with one attached hydrogen (secondary N) is 1. The lowest BCUT2D eigenvalue weighted by Crippen LogP contribution is -2.42. The van der Waals surface area contributed by atoms with E-state index in [0.29, 0.717) is 35.4 Å². The summed E-state index contributed by atoms with van der Waals surface area (Å²) < 4.78 is 29.5. The maximum Gasteiger partial charge on any atom is 0.252 e. The molecule has 2 heterocycles. The predicted octanol–water partition coefficient (Wildman–Crippen LogP) is 5.59. The first kappa shape index (κ1) is 25.9. The van der Waals surface area contributed by atoms with Gasteiger partial charge in [0.1, 0.15) is 0 Å². The first-order chi connectivity index (χ1) is 16.7. The number of sulfonamides is 1. The fraction of sp³-hybridized carbons (Fsp3) is 0.308. The second kappa shape index (κ2) is 11.2. The van der Waals surface area contributed by atoms with Gasteiger partial charge in [-0.2, -0.15) is 4.31 Å². The zero-order valence-corrected chi connectivity index (χ0v) is 22.9. The Balaban J connectivity index is 1.66. The van der Waals surface area contributed by atoms with Crippen LogP contribution >= 0.6 is 27.7 Å². The Morgan fingerprint density at radius 1 is 1.09 bits per heavy atom. The molecular formula is C26H28BrN3O3S2. The van der Waals surface area contributed by atoms with Gasteiger partial charge in [0.25, 0.3) is 5.91 Å². The Kier molecular flexibility index (Phi) is 8.31. The van der Waals surface area contributed by atoms with E-state index in [-0.39, 0.29) is 17.3 Å². The largest absolute Gasteiger partial charge is 0.346 e. The highest BCUT2D eigenvalue weighted by atomic mass is 79.9. The van der Waals surface area contributed by atoms with E-state index in [9.17, 15) is 13.2 Å². The van der Waals surface area contributed by atoms with Gasteiger partial charge in [0, 0.05) is 33.6 Å². The molecule has 1 amide bonds. The summed E-state index contributed by atoms with van der Waals surface area (Å²) in [6.07, 6.45) is 2.68. The molecule has 2 aromatic carbocycles. The summed E-state index contributed by atoms with van der Waals surface area (Å²) in [4.78, 5) is 19.3. The number of carbonyl (C=O) groups excluding carboxylic acids is 1. The van der Waals surface area contributed by atoms with Crippen LogP contribution in [0.15, 0.2) is 86.0 Å². The zero-order chi connectivity index (χ0) is 25.0. The van der Waals surface area contributed by atoms with Crippen LogP contribution in [-0.2, 0) is 16.6 Å². The molecule has 1 aliphatic heterocycles. The van der Waals surface area contributed by atoms with Crippen LogP contribution in [0.5, 0.6) is 0 Å². The Hall–Kier alpha value is -2.20. The van der Waals surface area contributed by atoms with Crippen molar-refractivity contribution in [1.29, 1.82) is 0 Å². The summed E-state index contributed by atoms with van der Waals surface area (Å²) in [5.74, 6) is 0.247. The van der Waals surface area contributed by atoms with E-state index in [2.05, 4.69) is 40.1 Å². The van der Waals surface area contributed by atoms with Gasteiger partial charge >= 0.3 is 0 Å². The third kappa shape index (κ3) is 6.52. The number of aromatic nitrogens is 1. The van der Waals surface area contributed by atoms with Crippen molar-refractivity contribution in [3.63, 3.8) is 0 Å². The number of rotatable bonds is 7. The molecule has 1 fully saturated rings. The van der Waals surface area contributed by atoms with E-state index < -0.39 is 10.0 Å². The molecule has 9 heteroatoms. The molecule has 3 aromatic rings. The van der Waals surface area contributed by atoms with Gasteiger partial charge in [0.05, 0.1) is 22.7 Å². The number of amides is 1. The smallest absolute Gasteiger partial charge is 0.252 e. The molecule has 2 unspecified atom stereocenters. The van der Waals surface area contributed by atoms with Gasteiger partial charge in [-0.15, -0.1) is 0 Å². The zero-order valence-electron chi connectivity index (χ0n) is 19.6. The number of hydrogen-bond donors (Lipinski definition) is 1. The normalized spacial score (nSPS) is 18.8. The van der Waals surface area contributed by atoms with Crippen molar-refractivity contribution in [1.82, 2.24) is 14.6 Å². The van der Waals surface area contributed by atoms with Crippen LogP contribution < -0.4 is 5.32 Å². The number of halogens is 1. The highest BCUT2D eigenvalue weighted by molar-refractivity contribution is 9.10. The van der Waals surface area contributed by atoms with Crippen molar-refractivity contribution in [2.75, 3.05) is 13.1 Å². The minimum Gasteiger partial charge on any atom is -0.346 e. The van der Waals surface area contributed by atoms with E-state index in [0.717, 1.165) is 21.5 Å². The number of nitrogens with zero attached hydrogens (tertiary/aromatic N) is 2. The lowest BCUT2D eigenvalue weighted by atomic mass is 9.94. The Morgan fingerprint density at radius 3 is 2.46 bits per heavy atom. The number of benzene rings is 2. The third-order valence-electron chi connectivity index (χ3n) is 5.87. The molecule has 1 saturated heterocycles. The Labute approximate surface area is 219 Å².